The van der Waals surface area contributed by atoms with Crippen LogP contribution in [-0.2, 0) is 4.74 Å². The predicted molar refractivity (Wildman–Crippen MR) is 114 cm³/mol. The highest BCUT2D eigenvalue weighted by Gasteiger charge is 2.44. The van der Waals surface area contributed by atoms with Crippen LogP contribution in [0.2, 0.25) is 0 Å². The summed E-state index contributed by atoms with van der Waals surface area (Å²) in [6, 6.07) is 5.64. The van der Waals surface area contributed by atoms with E-state index in [1.165, 1.54) is 12.8 Å². The molecule has 6 nitrogen and oxygen atoms in total. The summed E-state index contributed by atoms with van der Waals surface area (Å²) in [5.74, 6) is -0.872. The first-order chi connectivity index (χ1) is 13.6. The fraction of sp³-hybridized carbons (Fsp3) is 0.636. The molecule has 2 aliphatic heterocycles. The zero-order chi connectivity index (χ0) is 20.8. The first-order valence-corrected chi connectivity index (χ1v) is 11.3. The Labute approximate surface area is 176 Å². The molecule has 3 fully saturated rings. The number of rotatable bonds is 4. The normalized spacial score (nSPS) is 21.1. The molecule has 4 rings (SSSR count). The van der Waals surface area contributed by atoms with Crippen molar-refractivity contribution in [1.82, 2.24) is 4.90 Å². The van der Waals surface area contributed by atoms with Crippen molar-refractivity contribution in [3.63, 3.8) is 0 Å². The molecule has 1 N–H and O–H groups in total. The Kier molecular flexibility index (Phi) is 5.21. The molecule has 1 spiro atoms. The van der Waals surface area contributed by atoms with Gasteiger partial charge < -0.3 is 19.6 Å². The van der Waals surface area contributed by atoms with Crippen LogP contribution < -0.4 is 4.90 Å². The van der Waals surface area contributed by atoms with Crippen LogP contribution >= 0.6 is 11.8 Å². The van der Waals surface area contributed by atoms with E-state index in [0.29, 0.717) is 29.3 Å². The number of anilines is 1. The van der Waals surface area contributed by atoms with E-state index in [1.807, 2.05) is 32.9 Å². The largest absolute Gasteiger partial charge is 0.478 e. The van der Waals surface area contributed by atoms with E-state index in [2.05, 4.69) is 4.90 Å². The number of aromatic carboxylic acids is 1. The van der Waals surface area contributed by atoms with Gasteiger partial charge in [-0.05, 0) is 70.1 Å². The van der Waals surface area contributed by atoms with Gasteiger partial charge in [-0.1, -0.05) is 0 Å². The van der Waals surface area contributed by atoms with Crippen LogP contribution in [0, 0.1) is 5.41 Å². The third kappa shape index (κ3) is 4.65. The van der Waals surface area contributed by atoms with E-state index < -0.39 is 11.6 Å². The molecule has 3 aliphatic rings. The lowest BCUT2D eigenvalue weighted by Gasteiger charge is -2.39. The molecular weight excluding hydrogens is 388 g/mol. The molecule has 1 saturated carbocycles. The number of ether oxygens (including phenoxy) is 1. The fourth-order valence-corrected chi connectivity index (χ4v) is 5.33. The minimum absolute atomic E-state index is 0.265. The Morgan fingerprint density at radius 2 is 1.79 bits per heavy atom. The molecule has 2 saturated heterocycles. The SMILES string of the molecule is CC(C)(C)OC(=O)N1CC(Sc2ccc(C(=O)O)c(N3CCC4(CC3)CC4)c2)C1. The first kappa shape index (κ1) is 20.4. The summed E-state index contributed by atoms with van der Waals surface area (Å²) >= 11 is 1.71. The van der Waals surface area contributed by atoms with Gasteiger partial charge in [-0.15, -0.1) is 11.8 Å². The minimum atomic E-state index is -0.872. The van der Waals surface area contributed by atoms with Crippen LogP contribution in [0.4, 0.5) is 10.5 Å². The second-order valence-electron chi connectivity index (χ2n) is 9.60. The number of hydrogen-bond acceptors (Lipinski definition) is 5. The summed E-state index contributed by atoms with van der Waals surface area (Å²) in [4.78, 5) is 28.9. The van der Waals surface area contributed by atoms with Gasteiger partial charge in [0.2, 0.25) is 0 Å². The zero-order valence-electron chi connectivity index (χ0n) is 17.4. The molecule has 0 atom stereocenters. The third-order valence-corrected chi connectivity index (χ3v) is 7.28. The molecule has 1 aromatic rings. The van der Waals surface area contributed by atoms with E-state index in [0.717, 1.165) is 36.5 Å². The monoisotopic (exact) mass is 418 g/mol. The van der Waals surface area contributed by atoms with Crippen molar-refractivity contribution in [2.24, 2.45) is 5.41 Å². The average molecular weight is 419 g/mol. The summed E-state index contributed by atoms with van der Waals surface area (Å²) in [5.41, 5.74) is 1.29. The van der Waals surface area contributed by atoms with Crippen molar-refractivity contribution >= 4 is 29.5 Å². The van der Waals surface area contributed by atoms with E-state index in [1.54, 1.807) is 22.7 Å². The van der Waals surface area contributed by atoms with Crippen molar-refractivity contribution in [1.29, 1.82) is 0 Å². The highest BCUT2D eigenvalue weighted by molar-refractivity contribution is 8.00. The smallest absolute Gasteiger partial charge is 0.410 e. The quantitative estimate of drug-likeness (QED) is 0.778. The van der Waals surface area contributed by atoms with Crippen LogP contribution in [0.1, 0.15) is 56.8 Å². The van der Waals surface area contributed by atoms with Crippen LogP contribution in [0.25, 0.3) is 0 Å². The molecule has 0 radical (unpaired) electrons. The number of piperidine rings is 1. The lowest BCUT2D eigenvalue weighted by atomic mass is 9.93. The molecule has 2 heterocycles. The first-order valence-electron chi connectivity index (χ1n) is 10.4. The van der Waals surface area contributed by atoms with E-state index in [4.69, 9.17) is 4.74 Å². The second-order valence-corrected chi connectivity index (χ2v) is 11.0. The minimum Gasteiger partial charge on any atom is -0.478 e. The van der Waals surface area contributed by atoms with Gasteiger partial charge in [-0.25, -0.2) is 9.59 Å². The van der Waals surface area contributed by atoms with Crippen LogP contribution in [0.5, 0.6) is 0 Å². The molecule has 158 valence electrons. The van der Waals surface area contributed by atoms with Crippen LogP contribution in [0.15, 0.2) is 23.1 Å². The summed E-state index contributed by atoms with van der Waals surface area (Å²) in [6.45, 7) is 8.79. The third-order valence-electron chi connectivity index (χ3n) is 6.12. The maximum atomic E-state index is 12.1. The summed E-state index contributed by atoms with van der Waals surface area (Å²) < 4.78 is 5.41. The molecular formula is C22H30N2O4S. The van der Waals surface area contributed by atoms with Gasteiger partial charge in [-0.2, -0.15) is 0 Å². The molecule has 1 aliphatic carbocycles. The van der Waals surface area contributed by atoms with Gasteiger partial charge in [0, 0.05) is 36.3 Å². The van der Waals surface area contributed by atoms with Crippen molar-refractivity contribution in [2.45, 2.75) is 62.2 Å². The number of carboxylic acids is 1. The number of hydrogen-bond donors (Lipinski definition) is 1. The van der Waals surface area contributed by atoms with E-state index in [-0.39, 0.29) is 6.09 Å². The van der Waals surface area contributed by atoms with Crippen molar-refractivity contribution in [3.05, 3.63) is 23.8 Å². The Morgan fingerprint density at radius 1 is 1.14 bits per heavy atom. The Bertz CT molecular complexity index is 800. The maximum absolute atomic E-state index is 12.1. The van der Waals surface area contributed by atoms with Crippen LogP contribution in [-0.4, -0.2) is 59.1 Å². The average Bonchev–Trinajstić information content (AvgIpc) is 3.35. The van der Waals surface area contributed by atoms with Crippen LogP contribution in [0.3, 0.4) is 0 Å². The predicted octanol–water partition coefficient (Wildman–Crippen LogP) is 4.48. The van der Waals surface area contributed by atoms with Gasteiger partial charge in [0.25, 0.3) is 0 Å². The molecule has 1 amide bonds. The summed E-state index contributed by atoms with van der Waals surface area (Å²) in [5, 5.41) is 9.95. The van der Waals surface area contributed by atoms with Gasteiger partial charge >= 0.3 is 12.1 Å². The van der Waals surface area contributed by atoms with Gasteiger partial charge in [0.1, 0.15) is 5.60 Å². The van der Waals surface area contributed by atoms with E-state index in [9.17, 15) is 14.7 Å². The lowest BCUT2D eigenvalue weighted by Crippen LogP contribution is -2.53. The highest BCUT2D eigenvalue weighted by Crippen LogP contribution is 2.54. The standard InChI is InChI=1S/C22H30N2O4S/c1-21(2,3)28-20(27)24-13-16(14-24)29-15-4-5-17(19(25)26)18(12-15)23-10-8-22(6-7-22)9-11-23/h4-5,12,16H,6-11,13-14H2,1-3H3,(H,25,26). The number of likely N-dealkylation sites (tertiary alicyclic amines) is 1. The van der Waals surface area contributed by atoms with E-state index >= 15 is 0 Å². The fourth-order valence-electron chi connectivity index (χ4n) is 4.11. The number of carboxylic acid groups (broad SMARTS) is 1. The molecule has 0 aromatic heterocycles. The van der Waals surface area contributed by atoms with Gasteiger partial charge in [0.15, 0.2) is 0 Å². The Balaban J connectivity index is 1.39. The number of thioether (sulfide) groups is 1. The second kappa shape index (κ2) is 7.42. The summed E-state index contributed by atoms with van der Waals surface area (Å²) in [6.07, 6.45) is 4.73. The highest BCUT2D eigenvalue weighted by atomic mass is 32.2. The molecule has 7 heteroatoms. The summed E-state index contributed by atoms with van der Waals surface area (Å²) in [7, 11) is 0. The topological polar surface area (TPSA) is 70.1 Å². The number of nitrogens with zero attached hydrogens (tertiary/aromatic N) is 2. The zero-order valence-corrected chi connectivity index (χ0v) is 18.3. The molecule has 29 heavy (non-hydrogen) atoms. The Morgan fingerprint density at radius 3 is 2.34 bits per heavy atom. The van der Waals surface area contributed by atoms with Crippen molar-refractivity contribution in [3.8, 4) is 0 Å². The number of carbonyl (C=O) groups excluding carboxylic acids is 1. The molecule has 0 bridgehead atoms. The molecule has 1 aromatic carbocycles. The molecule has 0 unspecified atom stereocenters. The van der Waals surface area contributed by atoms with Gasteiger partial charge in [0.05, 0.1) is 11.3 Å². The Hall–Kier alpha value is -1.89. The van der Waals surface area contributed by atoms with Gasteiger partial charge in [-0.3, -0.25) is 0 Å². The lowest BCUT2D eigenvalue weighted by molar-refractivity contribution is 0.0143. The number of benzene rings is 1. The van der Waals surface area contributed by atoms with Crippen molar-refractivity contribution < 1.29 is 19.4 Å². The number of amides is 1. The number of carbonyl (C=O) groups is 2. The maximum Gasteiger partial charge on any atom is 0.410 e. The van der Waals surface area contributed by atoms with Crippen molar-refractivity contribution in [2.75, 3.05) is 31.1 Å².